The Hall–Kier alpha value is -1.31. The minimum absolute atomic E-state index is 0. The van der Waals surface area contributed by atoms with Gasteiger partial charge in [-0.3, -0.25) is 9.79 Å². The Morgan fingerprint density at radius 2 is 1.88 bits per heavy atom. The average molecular weight is 470 g/mol. The van der Waals surface area contributed by atoms with Gasteiger partial charge in [-0.2, -0.15) is 0 Å². The van der Waals surface area contributed by atoms with E-state index in [4.69, 9.17) is 0 Å². The van der Waals surface area contributed by atoms with E-state index in [-0.39, 0.29) is 35.9 Å². The lowest BCUT2D eigenvalue weighted by Crippen LogP contribution is -2.45. The number of hydrogen-bond donors (Lipinski definition) is 2. The molecule has 2 aliphatic rings. The number of nitrogens with zero attached hydrogens (tertiary/aromatic N) is 2. The molecule has 1 atom stereocenters. The topological polar surface area (TPSA) is 56.7 Å². The van der Waals surface area contributed by atoms with E-state index < -0.39 is 0 Å². The summed E-state index contributed by atoms with van der Waals surface area (Å²) < 4.78 is 0. The first-order chi connectivity index (χ1) is 12.3. The fraction of sp³-hybridized carbons (Fsp3) is 0.600. The molecule has 1 unspecified atom stereocenters. The van der Waals surface area contributed by atoms with Crippen LogP contribution in [-0.4, -0.2) is 42.9 Å². The molecule has 0 spiro atoms. The molecular formula is C20H31IN4O. The van der Waals surface area contributed by atoms with E-state index in [9.17, 15) is 4.79 Å². The molecule has 5 nitrogen and oxygen atoms in total. The van der Waals surface area contributed by atoms with Gasteiger partial charge in [-0.1, -0.05) is 49.6 Å². The molecule has 1 aliphatic heterocycles. The number of hydrogen-bond acceptors (Lipinski definition) is 2. The van der Waals surface area contributed by atoms with Gasteiger partial charge in [0.25, 0.3) is 0 Å². The molecule has 0 bridgehead atoms. The van der Waals surface area contributed by atoms with Crippen LogP contribution >= 0.6 is 24.0 Å². The summed E-state index contributed by atoms with van der Waals surface area (Å²) in [6.07, 6.45) is 6.85. The van der Waals surface area contributed by atoms with Gasteiger partial charge in [0.1, 0.15) is 0 Å². The molecule has 1 aromatic carbocycles. The van der Waals surface area contributed by atoms with Crippen LogP contribution < -0.4 is 10.6 Å². The number of carbonyl (C=O) groups is 1. The van der Waals surface area contributed by atoms with Crippen LogP contribution in [0.1, 0.15) is 44.1 Å². The maximum Gasteiger partial charge on any atom is 0.225 e. The van der Waals surface area contributed by atoms with Crippen LogP contribution in [0.25, 0.3) is 0 Å². The highest BCUT2D eigenvalue weighted by molar-refractivity contribution is 14.0. The molecule has 1 amide bonds. The predicted molar refractivity (Wildman–Crippen MR) is 117 cm³/mol. The number of guanidine groups is 1. The Morgan fingerprint density at radius 1 is 1.15 bits per heavy atom. The van der Waals surface area contributed by atoms with Crippen molar-refractivity contribution in [2.24, 2.45) is 10.9 Å². The third-order valence-electron chi connectivity index (χ3n) is 5.32. The molecule has 2 N–H and O–H groups in total. The fourth-order valence-corrected chi connectivity index (χ4v) is 3.86. The first kappa shape index (κ1) is 21.0. The van der Waals surface area contributed by atoms with Crippen LogP contribution in [0.15, 0.2) is 35.3 Å². The van der Waals surface area contributed by atoms with Crippen LogP contribution in [0.4, 0.5) is 0 Å². The normalized spacial score (nSPS) is 21.2. The summed E-state index contributed by atoms with van der Waals surface area (Å²) in [5.41, 5.74) is 1.23. The number of aliphatic imine (C=N–C) groups is 1. The van der Waals surface area contributed by atoms with Crippen molar-refractivity contribution in [3.63, 3.8) is 0 Å². The highest BCUT2D eigenvalue weighted by atomic mass is 127. The Morgan fingerprint density at radius 3 is 2.58 bits per heavy atom. The quantitative estimate of drug-likeness (QED) is 0.404. The zero-order chi connectivity index (χ0) is 17.5. The lowest BCUT2D eigenvalue weighted by atomic mass is 9.88. The molecule has 1 aromatic rings. The molecule has 2 fully saturated rings. The Kier molecular flexibility index (Phi) is 8.68. The molecular weight excluding hydrogens is 439 g/mol. The Balaban J connectivity index is 0.00000243. The summed E-state index contributed by atoms with van der Waals surface area (Å²) in [6, 6.07) is 10.6. The number of nitrogens with one attached hydrogen (secondary N) is 2. The second-order valence-electron chi connectivity index (χ2n) is 7.16. The first-order valence-electron chi connectivity index (χ1n) is 9.56. The van der Waals surface area contributed by atoms with Crippen molar-refractivity contribution in [1.29, 1.82) is 0 Å². The SMILES string of the molecule is CN=C(NCc1ccccc1)NC1CCN(C(=O)C2CCCCC2)C1.I. The molecule has 3 rings (SSSR count). The van der Waals surface area contributed by atoms with Crippen molar-refractivity contribution >= 4 is 35.8 Å². The highest BCUT2D eigenvalue weighted by Crippen LogP contribution is 2.26. The van der Waals surface area contributed by atoms with Crippen molar-refractivity contribution in [2.45, 2.75) is 51.1 Å². The number of benzene rings is 1. The number of amides is 1. The maximum absolute atomic E-state index is 12.7. The van der Waals surface area contributed by atoms with E-state index in [1.807, 2.05) is 18.2 Å². The van der Waals surface area contributed by atoms with Gasteiger partial charge in [-0.25, -0.2) is 0 Å². The van der Waals surface area contributed by atoms with Gasteiger partial charge >= 0.3 is 0 Å². The number of likely N-dealkylation sites (tertiary alicyclic amines) is 1. The molecule has 1 heterocycles. The average Bonchev–Trinajstić information content (AvgIpc) is 3.14. The van der Waals surface area contributed by atoms with Crippen molar-refractivity contribution in [2.75, 3.05) is 20.1 Å². The molecule has 26 heavy (non-hydrogen) atoms. The fourth-order valence-electron chi connectivity index (χ4n) is 3.86. The number of carbonyl (C=O) groups excluding carboxylic acids is 1. The second kappa shape index (κ2) is 10.7. The zero-order valence-electron chi connectivity index (χ0n) is 15.6. The van der Waals surface area contributed by atoms with E-state index in [2.05, 4.69) is 32.7 Å². The maximum atomic E-state index is 12.7. The van der Waals surface area contributed by atoms with Crippen LogP contribution in [0.5, 0.6) is 0 Å². The minimum Gasteiger partial charge on any atom is -0.352 e. The van der Waals surface area contributed by atoms with E-state index in [0.717, 1.165) is 44.9 Å². The summed E-state index contributed by atoms with van der Waals surface area (Å²) in [6.45, 7) is 2.40. The summed E-state index contributed by atoms with van der Waals surface area (Å²) >= 11 is 0. The third kappa shape index (κ3) is 5.86. The molecule has 1 aliphatic carbocycles. The van der Waals surface area contributed by atoms with Gasteiger partial charge in [0, 0.05) is 38.6 Å². The van der Waals surface area contributed by atoms with Crippen molar-refractivity contribution in [1.82, 2.24) is 15.5 Å². The molecule has 1 saturated heterocycles. The standard InChI is InChI=1S/C20H30N4O.HI/c1-21-20(22-14-16-8-4-2-5-9-16)23-18-12-13-24(15-18)19(25)17-10-6-3-7-11-17;/h2,4-5,8-9,17-18H,3,6-7,10-15H2,1H3,(H2,21,22,23);1H. The predicted octanol–water partition coefficient (Wildman–Crippen LogP) is 3.15. The molecule has 0 radical (unpaired) electrons. The zero-order valence-corrected chi connectivity index (χ0v) is 17.9. The van der Waals surface area contributed by atoms with E-state index in [0.29, 0.717) is 5.91 Å². The monoisotopic (exact) mass is 470 g/mol. The lowest BCUT2D eigenvalue weighted by molar-refractivity contribution is -0.135. The summed E-state index contributed by atoms with van der Waals surface area (Å²) in [7, 11) is 1.79. The second-order valence-corrected chi connectivity index (χ2v) is 7.16. The van der Waals surface area contributed by atoms with E-state index >= 15 is 0 Å². The highest BCUT2D eigenvalue weighted by Gasteiger charge is 2.31. The summed E-state index contributed by atoms with van der Waals surface area (Å²) in [5, 5.41) is 6.82. The summed E-state index contributed by atoms with van der Waals surface area (Å²) in [4.78, 5) is 19.0. The van der Waals surface area contributed by atoms with Crippen LogP contribution in [0, 0.1) is 5.92 Å². The minimum atomic E-state index is 0. The van der Waals surface area contributed by atoms with Gasteiger partial charge in [-0.05, 0) is 24.8 Å². The van der Waals surface area contributed by atoms with Crippen molar-refractivity contribution in [3.8, 4) is 0 Å². The smallest absolute Gasteiger partial charge is 0.225 e. The largest absolute Gasteiger partial charge is 0.352 e. The summed E-state index contributed by atoms with van der Waals surface area (Å²) in [5.74, 6) is 1.44. The van der Waals surface area contributed by atoms with Crippen LogP contribution in [0.3, 0.4) is 0 Å². The number of rotatable bonds is 4. The van der Waals surface area contributed by atoms with Gasteiger partial charge in [0.15, 0.2) is 5.96 Å². The van der Waals surface area contributed by atoms with Gasteiger partial charge < -0.3 is 15.5 Å². The lowest BCUT2D eigenvalue weighted by Gasteiger charge is -2.26. The van der Waals surface area contributed by atoms with E-state index in [1.165, 1.54) is 24.8 Å². The third-order valence-corrected chi connectivity index (χ3v) is 5.32. The molecule has 144 valence electrons. The van der Waals surface area contributed by atoms with Gasteiger partial charge in [-0.15, -0.1) is 24.0 Å². The Bertz CT molecular complexity index is 587. The Labute approximate surface area is 174 Å². The molecule has 0 aromatic heterocycles. The van der Waals surface area contributed by atoms with Gasteiger partial charge in [0.2, 0.25) is 5.91 Å². The van der Waals surface area contributed by atoms with E-state index in [1.54, 1.807) is 7.05 Å². The van der Waals surface area contributed by atoms with Crippen LogP contribution in [0.2, 0.25) is 0 Å². The number of halogens is 1. The molecule has 1 saturated carbocycles. The van der Waals surface area contributed by atoms with Gasteiger partial charge in [0.05, 0.1) is 0 Å². The molecule has 6 heteroatoms. The first-order valence-corrected chi connectivity index (χ1v) is 9.56. The van der Waals surface area contributed by atoms with Crippen molar-refractivity contribution in [3.05, 3.63) is 35.9 Å². The van der Waals surface area contributed by atoms with Crippen LogP contribution in [-0.2, 0) is 11.3 Å². The van der Waals surface area contributed by atoms with Crippen molar-refractivity contribution < 1.29 is 4.79 Å².